The molecule has 0 amide bonds. The molecule has 0 saturated carbocycles. The van der Waals surface area contributed by atoms with Crippen LogP contribution in [-0.4, -0.2) is 9.78 Å². The van der Waals surface area contributed by atoms with Gasteiger partial charge in [-0.2, -0.15) is 10.4 Å². The summed E-state index contributed by atoms with van der Waals surface area (Å²) in [6.07, 6.45) is 0. The summed E-state index contributed by atoms with van der Waals surface area (Å²) in [7, 11) is 0. The Morgan fingerprint density at radius 1 is 1.37 bits per heavy atom. The van der Waals surface area contributed by atoms with Gasteiger partial charge in [-0.3, -0.25) is 0 Å². The van der Waals surface area contributed by atoms with Crippen LogP contribution in [0.2, 0.25) is 5.02 Å². The molecular formula is C14H15ClN4. The first-order valence-corrected chi connectivity index (χ1v) is 6.27. The van der Waals surface area contributed by atoms with Gasteiger partial charge in [0.1, 0.15) is 10.8 Å². The van der Waals surface area contributed by atoms with Crippen LogP contribution in [0.5, 0.6) is 0 Å². The molecule has 0 aliphatic carbocycles. The predicted molar refractivity (Wildman–Crippen MR) is 76.4 cm³/mol. The van der Waals surface area contributed by atoms with E-state index in [1.165, 1.54) is 0 Å². The first-order chi connectivity index (χ1) is 8.84. The molecule has 4 nitrogen and oxygen atoms in total. The maximum atomic E-state index is 8.93. The number of aromatic nitrogens is 2. The van der Waals surface area contributed by atoms with E-state index >= 15 is 0 Å². The highest BCUT2D eigenvalue weighted by Crippen LogP contribution is 2.33. The summed E-state index contributed by atoms with van der Waals surface area (Å²) in [6.45, 7) is 6.07. The quantitative estimate of drug-likeness (QED) is 0.868. The van der Waals surface area contributed by atoms with Crippen molar-refractivity contribution in [3.05, 3.63) is 40.5 Å². The number of hydrogen-bond donors (Lipinski definition) is 1. The largest absolute Gasteiger partial charge is 0.382 e. The summed E-state index contributed by atoms with van der Waals surface area (Å²) in [5.41, 5.74) is 7.85. The van der Waals surface area contributed by atoms with Crippen LogP contribution >= 0.6 is 11.6 Å². The number of hydrogen-bond acceptors (Lipinski definition) is 3. The molecule has 0 bridgehead atoms. The number of anilines is 1. The maximum Gasteiger partial charge on any atom is 0.146 e. The summed E-state index contributed by atoms with van der Waals surface area (Å²) in [6, 6.07) is 9.18. The molecular weight excluding hydrogens is 260 g/mol. The minimum absolute atomic E-state index is 0.191. The Morgan fingerprint density at radius 2 is 2.05 bits per heavy atom. The number of rotatable bonds is 1. The fraction of sp³-hybridized carbons (Fsp3) is 0.286. The number of nitrogens with two attached hydrogens (primary N) is 1. The Bertz CT molecular complexity index is 659. The molecule has 0 atom stereocenters. The second-order valence-corrected chi connectivity index (χ2v) is 5.75. The van der Waals surface area contributed by atoms with Crippen molar-refractivity contribution in [3.8, 4) is 11.8 Å². The van der Waals surface area contributed by atoms with Crippen LogP contribution in [0.1, 0.15) is 32.0 Å². The second kappa shape index (κ2) is 4.60. The van der Waals surface area contributed by atoms with Crippen molar-refractivity contribution >= 4 is 17.4 Å². The van der Waals surface area contributed by atoms with Gasteiger partial charge in [0.2, 0.25) is 0 Å². The van der Waals surface area contributed by atoms with Gasteiger partial charge in [-0.05, 0) is 18.2 Å². The maximum absolute atomic E-state index is 8.93. The molecule has 2 rings (SSSR count). The minimum Gasteiger partial charge on any atom is -0.382 e. The average Bonchev–Trinajstić information content (AvgIpc) is 2.66. The van der Waals surface area contributed by atoms with Crippen LogP contribution in [0.3, 0.4) is 0 Å². The standard InChI is InChI=1S/C14H15ClN4/c1-14(2,3)12-11(15)13(17)19(18-12)10-6-4-5-9(7-10)8-16/h4-7H,17H2,1-3H3. The minimum atomic E-state index is -0.191. The summed E-state index contributed by atoms with van der Waals surface area (Å²) in [5.74, 6) is 0.390. The zero-order valence-corrected chi connectivity index (χ0v) is 11.9. The molecule has 19 heavy (non-hydrogen) atoms. The molecule has 0 fully saturated rings. The molecule has 0 saturated heterocycles. The number of halogens is 1. The fourth-order valence-electron chi connectivity index (χ4n) is 1.80. The predicted octanol–water partition coefficient (Wildman–Crippen LogP) is 3.28. The molecule has 0 radical (unpaired) electrons. The molecule has 1 heterocycles. The lowest BCUT2D eigenvalue weighted by Gasteiger charge is -2.15. The Hall–Kier alpha value is -1.99. The van der Waals surface area contributed by atoms with E-state index in [9.17, 15) is 0 Å². The van der Waals surface area contributed by atoms with Crippen molar-refractivity contribution in [2.75, 3.05) is 5.73 Å². The van der Waals surface area contributed by atoms with E-state index in [4.69, 9.17) is 22.6 Å². The molecule has 1 aromatic heterocycles. The SMILES string of the molecule is CC(C)(C)c1nn(-c2cccc(C#N)c2)c(N)c1Cl. The number of nitrogens with zero attached hydrogens (tertiary/aromatic N) is 3. The average molecular weight is 275 g/mol. The molecule has 2 aromatic rings. The Morgan fingerprint density at radius 3 is 2.58 bits per heavy atom. The van der Waals surface area contributed by atoms with E-state index in [1.54, 1.807) is 22.9 Å². The molecule has 2 N–H and O–H groups in total. The highest BCUT2D eigenvalue weighted by molar-refractivity contribution is 6.33. The first kappa shape index (κ1) is 13.4. The van der Waals surface area contributed by atoms with Crippen molar-refractivity contribution in [2.24, 2.45) is 0 Å². The Balaban J connectivity index is 2.61. The Labute approximate surface area is 117 Å². The molecule has 98 valence electrons. The van der Waals surface area contributed by atoms with E-state index in [0.717, 1.165) is 11.4 Å². The van der Waals surface area contributed by atoms with E-state index in [2.05, 4.69) is 11.2 Å². The zero-order chi connectivity index (χ0) is 14.2. The van der Waals surface area contributed by atoms with Crippen LogP contribution in [0.25, 0.3) is 5.69 Å². The van der Waals surface area contributed by atoms with Crippen molar-refractivity contribution < 1.29 is 0 Å². The van der Waals surface area contributed by atoms with E-state index in [1.807, 2.05) is 26.8 Å². The molecule has 1 aromatic carbocycles. The van der Waals surface area contributed by atoms with E-state index in [-0.39, 0.29) is 5.41 Å². The van der Waals surface area contributed by atoms with E-state index < -0.39 is 0 Å². The van der Waals surface area contributed by atoms with Gasteiger partial charge >= 0.3 is 0 Å². The van der Waals surface area contributed by atoms with Gasteiger partial charge in [-0.1, -0.05) is 38.4 Å². The molecule has 0 unspecified atom stereocenters. The van der Waals surface area contributed by atoms with Crippen molar-refractivity contribution in [1.82, 2.24) is 9.78 Å². The number of nitrogen functional groups attached to an aromatic ring is 1. The monoisotopic (exact) mass is 274 g/mol. The number of nitriles is 1. The van der Waals surface area contributed by atoms with Crippen LogP contribution < -0.4 is 5.73 Å². The highest BCUT2D eigenvalue weighted by Gasteiger charge is 2.25. The zero-order valence-electron chi connectivity index (χ0n) is 11.1. The van der Waals surface area contributed by atoms with Crippen LogP contribution in [-0.2, 0) is 5.41 Å². The third-order valence-corrected chi connectivity index (χ3v) is 3.16. The van der Waals surface area contributed by atoms with Gasteiger partial charge in [0.15, 0.2) is 0 Å². The molecule has 0 aliphatic heterocycles. The highest BCUT2D eigenvalue weighted by atomic mass is 35.5. The molecule has 5 heteroatoms. The van der Waals surface area contributed by atoms with Gasteiger partial charge in [-0.15, -0.1) is 0 Å². The third-order valence-electron chi connectivity index (χ3n) is 2.79. The van der Waals surface area contributed by atoms with Gasteiger partial charge < -0.3 is 5.73 Å². The van der Waals surface area contributed by atoms with Crippen molar-refractivity contribution in [1.29, 1.82) is 5.26 Å². The third kappa shape index (κ3) is 2.42. The van der Waals surface area contributed by atoms with Gasteiger partial charge in [0.25, 0.3) is 0 Å². The molecule has 0 spiro atoms. The van der Waals surface area contributed by atoms with Gasteiger partial charge in [-0.25, -0.2) is 4.68 Å². The number of benzene rings is 1. The topological polar surface area (TPSA) is 67.6 Å². The molecule has 0 aliphatic rings. The van der Waals surface area contributed by atoms with E-state index in [0.29, 0.717) is 16.4 Å². The summed E-state index contributed by atoms with van der Waals surface area (Å²) >= 11 is 6.25. The normalized spacial score (nSPS) is 11.3. The summed E-state index contributed by atoms with van der Waals surface area (Å²) < 4.78 is 1.57. The lowest BCUT2D eigenvalue weighted by molar-refractivity contribution is 0.560. The van der Waals surface area contributed by atoms with Crippen molar-refractivity contribution in [2.45, 2.75) is 26.2 Å². The van der Waals surface area contributed by atoms with Crippen LogP contribution in [0, 0.1) is 11.3 Å². The lowest BCUT2D eigenvalue weighted by Crippen LogP contribution is -2.13. The van der Waals surface area contributed by atoms with Crippen molar-refractivity contribution in [3.63, 3.8) is 0 Å². The summed E-state index contributed by atoms with van der Waals surface area (Å²) in [4.78, 5) is 0. The first-order valence-electron chi connectivity index (χ1n) is 5.89. The second-order valence-electron chi connectivity index (χ2n) is 5.37. The fourth-order valence-corrected chi connectivity index (χ4v) is 2.20. The smallest absolute Gasteiger partial charge is 0.146 e. The Kier molecular flexibility index (Phi) is 3.25. The van der Waals surface area contributed by atoms with Gasteiger partial charge in [0.05, 0.1) is 23.0 Å². The summed E-state index contributed by atoms with van der Waals surface area (Å²) in [5, 5.41) is 13.9. The van der Waals surface area contributed by atoms with Gasteiger partial charge in [0, 0.05) is 5.41 Å². The van der Waals surface area contributed by atoms with Crippen LogP contribution in [0.4, 0.5) is 5.82 Å². The van der Waals surface area contributed by atoms with Crippen LogP contribution in [0.15, 0.2) is 24.3 Å². The lowest BCUT2D eigenvalue weighted by atomic mass is 9.92.